The number of carbonyl (C=O) groups is 1. The van der Waals surface area contributed by atoms with Crippen molar-refractivity contribution in [2.24, 2.45) is 0 Å². The van der Waals surface area contributed by atoms with E-state index in [0.29, 0.717) is 5.57 Å². The summed E-state index contributed by atoms with van der Waals surface area (Å²) in [5.74, 6) is -0.399. The summed E-state index contributed by atoms with van der Waals surface area (Å²) < 4.78 is 6.25. The number of esters is 1. The second kappa shape index (κ2) is 6.65. The van der Waals surface area contributed by atoms with E-state index in [4.69, 9.17) is 0 Å². The molecule has 86 valence electrons. The van der Waals surface area contributed by atoms with Crippen LogP contribution in [0.15, 0.2) is 40.0 Å². The average Bonchev–Trinajstić information content (AvgIpc) is 2.35. The molecule has 0 saturated heterocycles. The second-order valence-electron chi connectivity index (χ2n) is 3.26. The van der Waals surface area contributed by atoms with Crippen molar-refractivity contribution in [1.29, 1.82) is 0 Å². The monoisotopic (exact) mass is 332 g/mol. The third kappa shape index (κ3) is 3.61. The smallest absolute Gasteiger partial charge is 0.334 e. The summed E-state index contributed by atoms with van der Waals surface area (Å²) in [5, 5.41) is 9.91. The molecule has 4 heteroatoms. The molecule has 0 bridgehead atoms. The summed E-state index contributed by atoms with van der Waals surface area (Å²) in [5.41, 5.74) is 1.27. The van der Waals surface area contributed by atoms with E-state index in [1.807, 2.05) is 52.9 Å². The van der Waals surface area contributed by atoms with Crippen LogP contribution in [0.1, 0.15) is 18.1 Å². The molecule has 0 aliphatic rings. The molecule has 1 N–H and O–H groups in total. The average molecular weight is 332 g/mol. The SMILES string of the molecule is COC(=O)/C(=C/I)CC(O)c1ccccc1. The highest BCUT2D eigenvalue weighted by Gasteiger charge is 2.15. The molecule has 1 aromatic rings. The van der Waals surface area contributed by atoms with Crippen LogP contribution in [0.25, 0.3) is 0 Å². The number of hydrogen-bond acceptors (Lipinski definition) is 3. The second-order valence-corrected chi connectivity index (χ2v) is 3.88. The lowest BCUT2D eigenvalue weighted by atomic mass is 10.0. The maximum absolute atomic E-state index is 11.3. The van der Waals surface area contributed by atoms with E-state index < -0.39 is 12.1 Å². The maximum atomic E-state index is 11.3. The van der Waals surface area contributed by atoms with Gasteiger partial charge in [-0.1, -0.05) is 52.9 Å². The van der Waals surface area contributed by atoms with Crippen LogP contribution >= 0.6 is 22.6 Å². The Hall–Kier alpha value is -0.880. The van der Waals surface area contributed by atoms with Gasteiger partial charge in [0.25, 0.3) is 0 Å². The van der Waals surface area contributed by atoms with Crippen LogP contribution in [0.4, 0.5) is 0 Å². The summed E-state index contributed by atoms with van der Waals surface area (Å²) in [6.07, 6.45) is -0.416. The number of hydrogen-bond donors (Lipinski definition) is 1. The lowest BCUT2D eigenvalue weighted by molar-refractivity contribution is -0.136. The van der Waals surface area contributed by atoms with E-state index in [1.165, 1.54) is 7.11 Å². The molecule has 1 unspecified atom stereocenters. The molecule has 0 heterocycles. The Morgan fingerprint density at radius 3 is 2.62 bits per heavy atom. The molecule has 16 heavy (non-hydrogen) atoms. The van der Waals surface area contributed by atoms with Gasteiger partial charge >= 0.3 is 5.97 Å². The molecule has 0 saturated carbocycles. The van der Waals surface area contributed by atoms with Crippen LogP contribution in [0, 0.1) is 0 Å². The molecular weight excluding hydrogens is 319 g/mol. The molecule has 0 radical (unpaired) electrons. The minimum Gasteiger partial charge on any atom is -0.466 e. The molecular formula is C12H13IO3. The van der Waals surface area contributed by atoms with Gasteiger partial charge in [-0.2, -0.15) is 0 Å². The Morgan fingerprint density at radius 2 is 2.12 bits per heavy atom. The standard InChI is InChI=1S/C12H13IO3/c1-16-12(15)10(8-13)7-11(14)9-5-3-2-4-6-9/h2-6,8,11,14H,7H2,1H3/b10-8+. The summed E-state index contributed by atoms with van der Waals surface area (Å²) in [6, 6.07) is 9.24. The number of aliphatic hydroxyl groups is 1. The zero-order valence-corrected chi connectivity index (χ0v) is 11.0. The van der Waals surface area contributed by atoms with Crippen LogP contribution in [-0.2, 0) is 9.53 Å². The number of aliphatic hydroxyl groups excluding tert-OH is 1. The number of methoxy groups -OCH3 is 1. The van der Waals surface area contributed by atoms with Crippen molar-refractivity contribution in [2.75, 3.05) is 7.11 Å². The Labute approximate surface area is 108 Å². The van der Waals surface area contributed by atoms with Gasteiger partial charge in [-0.25, -0.2) is 4.79 Å². The van der Waals surface area contributed by atoms with Gasteiger partial charge in [0.05, 0.1) is 13.2 Å². The van der Waals surface area contributed by atoms with E-state index in [0.717, 1.165) is 5.56 Å². The fraction of sp³-hybridized carbons (Fsp3) is 0.250. The van der Waals surface area contributed by atoms with E-state index in [-0.39, 0.29) is 6.42 Å². The van der Waals surface area contributed by atoms with Gasteiger partial charge in [-0.15, -0.1) is 0 Å². The van der Waals surface area contributed by atoms with Gasteiger partial charge in [0.1, 0.15) is 0 Å². The Bertz CT molecular complexity index is 373. The predicted octanol–water partition coefficient (Wildman–Crippen LogP) is 2.60. The highest BCUT2D eigenvalue weighted by Crippen LogP contribution is 2.22. The summed E-state index contributed by atoms with van der Waals surface area (Å²) in [7, 11) is 1.33. The highest BCUT2D eigenvalue weighted by molar-refractivity contribution is 14.1. The summed E-state index contributed by atoms with van der Waals surface area (Å²) in [4.78, 5) is 11.3. The molecule has 1 rings (SSSR count). The summed E-state index contributed by atoms with van der Waals surface area (Å²) in [6.45, 7) is 0. The van der Waals surface area contributed by atoms with Gasteiger partial charge in [0, 0.05) is 12.0 Å². The lowest BCUT2D eigenvalue weighted by Crippen LogP contribution is -2.08. The Balaban J connectivity index is 2.71. The van der Waals surface area contributed by atoms with E-state index in [1.54, 1.807) is 4.08 Å². The molecule has 0 aliphatic carbocycles. The van der Waals surface area contributed by atoms with Crippen molar-refractivity contribution in [3.05, 3.63) is 45.6 Å². The number of benzene rings is 1. The first-order chi connectivity index (χ1) is 7.69. The van der Waals surface area contributed by atoms with Gasteiger partial charge < -0.3 is 9.84 Å². The minimum atomic E-state index is -0.679. The fourth-order valence-corrected chi connectivity index (χ4v) is 1.81. The molecule has 0 spiro atoms. The largest absolute Gasteiger partial charge is 0.466 e. The Morgan fingerprint density at radius 1 is 1.50 bits per heavy atom. The van der Waals surface area contributed by atoms with E-state index >= 15 is 0 Å². The third-order valence-corrected chi connectivity index (χ3v) is 2.93. The van der Waals surface area contributed by atoms with E-state index in [9.17, 15) is 9.90 Å². The van der Waals surface area contributed by atoms with Crippen molar-refractivity contribution < 1.29 is 14.6 Å². The van der Waals surface area contributed by atoms with Crippen molar-refractivity contribution in [2.45, 2.75) is 12.5 Å². The maximum Gasteiger partial charge on any atom is 0.334 e. The Kier molecular flexibility index (Phi) is 5.48. The third-order valence-electron chi connectivity index (χ3n) is 2.18. The predicted molar refractivity (Wildman–Crippen MR) is 70.1 cm³/mol. The van der Waals surface area contributed by atoms with Crippen LogP contribution in [-0.4, -0.2) is 18.2 Å². The van der Waals surface area contributed by atoms with Crippen molar-refractivity contribution >= 4 is 28.6 Å². The van der Waals surface area contributed by atoms with Gasteiger partial charge in [0.15, 0.2) is 0 Å². The van der Waals surface area contributed by atoms with Crippen LogP contribution in [0.5, 0.6) is 0 Å². The van der Waals surface area contributed by atoms with Crippen LogP contribution in [0.2, 0.25) is 0 Å². The molecule has 0 aromatic heterocycles. The zero-order valence-electron chi connectivity index (χ0n) is 8.89. The van der Waals surface area contributed by atoms with Crippen LogP contribution in [0.3, 0.4) is 0 Å². The number of carbonyl (C=O) groups excluding carboxylic acids is 1. The van der Waals surface area contributed by atoms with Gasteiger partial charge in [0.2, 0.25) is 0 Å². The molecule has 0 fully saturated rings. The minimum absolute atomic E-state index is 0.264. The van der Waals surface area contributed by atoms with Crippen LogP contribution < -0.4 is 0 Å². The highest BCUT2D eigenvalue weighted by atomic mass is 127. The van der Waals surface area contributed by atoms with Crippen molar-refractivity contribution in [3.8, 4) is 0 Å². The number of ether oxygens (including phenoxy) is 1. The first kappa shape index (κ1) is 13.2. The number of halogens is 1. The normalized spacial score (nSPS) is 13.3. The fourth-order valence-electron chi connectivity index (χ4n) is 1.30. The van der Waals surface area contributed by atoms with E-state index in [2.05, 4.69) is 4.74 Å². The zero-order chi connectivity index (χ0) is 12.0. The van der Waals surface area contributed by atoms with Gasteiger partial charge in [-0.05, 0) is 9.65 Å². The quantitative estimate of drug-likeness (QED) is 0.524. The summed E-state index contributed by atoms with van der Waals surface area (Å²) >= 11 is 1.97. The first-order valence-electron chi connectivity index (χ1n) is 4.79. The van der Waals surface area contributed by atoms with Crippen molar-refractivity contribution in [1.82, 2.24) is 0 Å². The number of rotatable bonds is 4. The lowest BCUT2D eigenvalue weighted by Gasteiger charge is -2.11. The van der Waals surface area contributed by atoms with Gasteiger partial charge in [-0.3, -0.25) is 0 Å². The molecule has 0 amide bonds. The molecule has 3 nitrogen and oxygen atoms in total. The molecule has 0 aliphatic heterocycles. The topological polar surface area (TPSA) is 46.5 Å². The molecule has 1 aromatic carbocycles. The molecule has 1 atom stereocenters. The first-order valence-corrected chi connectivity index (χ1v) is 6.04. The van der Waals surface area contributed by atoms with Crippen molar-refractivity contribution in [3.63, 3.8) is 0 Å².